The number of nitrogens with zero attached hydrogens (tertiary/aromatic N) is 2. The van der Waals surface area contributed by atoms with E-state index in [0.29, 0.717) is 5.92 Å². The van der Waals surface area contributed by atoms with Gasteiger partial charge in [0, 0.05) is 30.4 Å². The summed E-state index contributed by atoms with van der Waals surface area (Å²) >= 11 is 1.86. The molecule has 6 heteroatoms. The summed E-state index contributed by atoms with van der Waals surface area (Å²) in [7, 11) is 0. The number of anilines is 1. The highest BCUT2D eigenvalue weighted by Gasteiger charge is 2.53. The molecule has 1 saturated heterocycles. The Hall–Kier alpha value is -1.59. The minimum Gasteiger partial charge on any atom is -0.326 e. The van der Waals surface area contributed by atoms with E-state index >= 15 is 0 Å². The van der Waals surface area contributed by atoms with Crippen LogP contribution < -0.4 is 5.32 Å². The second kappa shape index (κ2) is 6.49. The molecule has 2 aliphatic heterocycles. The van der Waals surface area contributed by atoms with Gasteiger partial charge < -0.3 is 5.32 Å². The maximum atomic E-state index is 12.7. The number of hydrogen-bond acceptors (Lipinski definition) is 4. The fourth-order valence-electron chi connectivity index (χ4n) is 3.59. The number of carbonyl (C=O) groups excluding carboxylic acids is 1. The van der Waals surface area contributed by atoms with Gasteiger partial charge in [-0.15, -0.1) is 24.2 Å². The molecule has 3 heterocycles. The fourth-order valence-corrected chi connectivity index (χ4v) is 5.38. The Morgan fingerprint density at radius 1 is 1.30 bits per heavy atom. The van der Waals surface area contributed by atoms with Gasteiger partial charge in [0.05, 0.1) is 16.4 Å². The summed E-state index contributed by atoms with van der Waals surface area (Å²) in [4.78, 5) is 21.4. The lowest BCUT2D eigenvalue weighted by Crippen LogP contribution is -2.45. The molecular formula is C17H18ClN3OS. The van der Waals surface area contributed by atoms with Crippen LogP contribution in [-0.2, 0) is 4.79 Å². The predicted molar refractivity (Wildman–Crippen MR) is 97.5 cm³/mol. The molecule has 1 N–H and O–H groups in total. The van der Waals surface area contributed by atoms with Gasteiger partial charge in [0.25, 0.3) is 0 Å². The van der Waals surface area contributed by atoms with Crippen LogP contribution >= 0.6 is 24.2 Å². The van der Waals surface area contributed by atoms with Crippen LogP contribution in [-0.4, -0.2) is 33.6 Å². The summed E-state index contributed by atoms with van der Waals surface area (Å²) in [6, 6.07) is 3.65. The summed E-state index contributed by atoms with van der Waals surface area (Å²) in [5.74, 6) is 1.32. The van der Waals surface area contributed by atoms with Gasteiger partial charge in [-0.2, -0.15) is 0 Å². The first-order chi connectivity index (χ1) is 10.8. The quantitative estimate of drug-likeness (QED) is 0.894. The molecule has 0 radical (unpaired) electrons. The van der Waals surface area contributed by atoms with E-state index in [4.69, 9.17) is 0 Å². The lowest BCUT2D eigenvalue weighted by Gasteiger charge is -2.38. The zero-order valence-corrected chi connectivity index (χ0v) is 14.1. The molecule has 23 heavy (non-hydrogen) atoms. The first kappa shape index (κ1) is 16.3. The second-order valence-electron chi connectivity index (χ2n) is 5.82. The van der Waals surface area contributed by atoms with E-state index in [1.54, 1.807) is 12.4 Å². The second-order valence-corrected chi connectivity index (χ2v) is 7.11. The van der Waals surface area contributed by atoms with E-state index in [2.05, 4.69) is 33.5 Å². The molecule has 3 unspecified atom stereocenters. The molecule has 0 aromatic carbocycles. The van der Waals surface area contributed by atoms with Crippen molar-refractivity contribution in [1.82, 2.24) is 4.98 Å². The van der Waals surface area contributed by atoms with Crippen molar-refractivity contribution < 1.29 is 4.79 Å². The summed E-state index contributed by atoms with van der Waals surface area (Å²) < 4.78 is -0.0900. The standard InChI is InChI=1S/C17H17N3OS.ClH/c21-16(20-12-4-8-18-9-5-12)13-11-22-17-7-2-1-3-15(17)19-10-6-14(13)17;/h1-5,7-9,13-14H,6,10-11H2,(H,18,20,21);1H. The van der Waals surface area contributed by atoms with Gasteiger partial charge in [-0.3, -0.25) is 14.8 Å². The topological polar surface area (TPSA) is 54.4 Å². The van der Waals surface area contributed by atoms with Crippen LogP contribution in [0.5, 0.6) is 0 Å². The van der Waals surface area contributed by atoms with Crippen LogP contribution in [0.4, 0.5) is 5.69 Å². The number of rotatable bonds is 2. The molecule has 1 aromatic rings. The Balaban J connectivity index is 0.00000156. The molecule has 0 saturated carbocycles. The van der Waals surface area contributed by atoms with Gasteiger partial charge in [0.15, 0.2) is 0 Å². The lowest BCUT2D eigenvalue weighted by molar-refractivity contribution is -0.120. The summed E-state index contributed by atoms with van der Waals surface area (Å²) in [6.45, 7) is 0.819. The van der Waals surface area contributed by atoms with Crippen molar-refractivity contribution in [3.63, 3.8) is 0 Å². The van der Waals surface area contributed by atoms with Crippen molar-refractivity contribution in [3.8, 4) is 0 Å². The van der Waals surface area contributed by atoms with Crippen LogP contribution in [0.1, 0.15) is 6.42 Å². The number of carbonyl (C=O) groups is 1. The van der Waals surface area contributed by atoms with Crippen LogP contribution in [0.25, 0.3) is 0 Å². The van der Waals surface area contributed by atoms with Crippen molar-refractivity contribution >= 4 is 41.5 Å². The maximum absolute atomic E-state index is 12.7. The van der Waals surface area contributed by atoms with Gasteiger partial charge in [0.1, 0.15) is 0 Å². The van der Waals surface area contributed by atoms with Crippen molar-refractivity contribution in [2.75, 3.05) is 17.6 Å². The predicted octanol–water partition coefficient (Wildman–Crippen LogP) is 3.13. The zero-order chi connectivity index (χ0) is 15.0. The molecular weight excluding hydrogens is 330 g/mol. The number of pyridine rings is 1. The van der Waals surface area contributed by atoms with Crippen molar-refractivity contribution in [3.05, 3.63) is 48.8 Å². The normalized spacial score (nSPS) is 30.7. The van der Waals surface area contributed by atoms with E-state index < -0.39 is 0 Å². The SMILES string of the molecule is Cl.O=C(Nc1ccncc1)C1CSC23C=CC=CC2=NCCC13. The Morgan fingerprint density at radius 3 is 2.96 bits per heavy atom. The molecule has 1 fully saturated rings. The molecule has 3 aliphatic rings. The van der Waals surface area contributed by atoms with Gasteiger partial charge in [-0.05, 0) is 30.5 Å². The van der Waals surface area contributed by atoms with Crippen LogP contribution in [0.3, 0.4) is 0 Å². The highest BCUT2D eigenvalue weighted by molar-refractivity contribution is 8.02. The van der Waals surface area contributed by atoms with E-state index in [9.17, 15) is 4.79 Å². The van der Waals surface area contributed by atoms with Crippen molar-refractivity contribution in [2.45, 2.75) is 11.2 Å². The number of hydrogen-bond donors (Lipinski definition) is 1. The van der Waals surface area contributed by atoms with Crippen LogP contribution in [0.2, 0.25) is 0 Å². The Labute approximate surface area is 146 Å². The number of aromatic nitrogens is 1. The zero-order valence-electron chi connectivity index (χ0n) is 12.5. The Bertz CT molecular complexity index is 688. The average Bonchev–Trinajstić information content (AvgIpc) is 2.93. The van der Waals surface area contributed by atoms with Gasteiger partial charge in [-0.1, -0.05) is 18.2 Å². The smallest absolute Gasteiger partial charge is 0.228 e. The average molecular weight is 348 g/mol. The number of aliphatic imine (C=N–C) groups is 1. The molecule has 1 amide bonds. The third-order valence-corrected chi connectivity index (χ3v) is 6.31. The molecule has 120 valence electrons. The monoisotopic (exact) mass is 347 g/mol. The largest absolute Gasteiger partial charge is 0.326 e. The number of thioether (sulfide) groups is 1. The Kier molecular flexibility index (Phi) is 4.60. The van der Waals surface area contributed by atoms with Gasteiger partial charge >= 0.3 is 0 Å². The minimum absolute atomic E-state index is 0. The van der Waals surface area contributed by atoms with Crippen molar-refractivity contribution in [1.29, 1.82) is 0 Å². The third kappa shape index (κ3) is 2.72. The molecule has 3 atom stereocenters. The summed E-state index contributed by atoms with van der Waals surface area (Å²) in [5.41, 5.74) is 1.95. The van der Waals surface area contributed by atoms with E-state index in [1.807, 2.05) is 30.0 Å². The summed E-state index contributed by atoms with van der Waals surface area (Å²) in [5, 5.41) is 3.03. The van der Waals surface area contributed by atoms with Gasteiger partial charge in [0.2, 0.25) is 5.91 Å². The van der Waals surface area contributed by atoms with E-state index in [-0.39, 0.29) is 29.0 Å². The third-order valence-electron chi connectivity index (χ3n) is 4.65. The summed E-state index contributed by atoms with van der Waals surface area (Å²) in [6.07, 6.45) is 12.8. The molecule has 4 nitrogen and oxygen atoms in total. The lowest BCUT2D eigenvalue weighted by atomic mass is 9.74. The highest BCUT2D eigenvalue weighted by atomic mass is 35.5. The fraction of sp³-hybridized carbons (Fsp3) is 0.353. The number of allylic oxidation sites excluding steroid dienone is 3. The molecule has 0 bridgehead atoms. The van der Waals surface area contributed by atoms with E-state index in [1.165, 1.54) is 0 Å². The molecule has 4 rings (SSSR count). The first-order valence-corrected chi connectivity index (χ1v) is 8.54. The molecule has 1 spiro atoms. The number of nitrogens with one attached hydrogen (secondary N) is 1. The molecule has 1 aliphatic carbocycles. The number of amides is 1. The van der Waals surface area contributed by atoms with Crippen molar-refractivity contribution in [2.24, 2.45) is 16.8 Å². The van der Waals surface area contributed by atoms with Crippen LogP contribution in [0.15, 0.2) is 53.8 Å². The minimum atomic E-state index is -0.0900. The first-order valence-electron chi connectivity index (χ1n) is 7.55. The highest BCUT2D eigenvalue weighted by Crippen LogP contribution is 2.53. The van der Waals surface area contributed by atoms with Crippen LogP contribution in [0, 0.1) is 11.8 Å². The van der Waals surface area contributed by atoms with Gasteiger partial charge in [-0.25, -0.2) is 0 Å². The van der Waals surface area contributed by atoms with E-state index in [0.717, 1.165) is 30.1 Å². The molecule has 1 aromatic heterocycles. The Morgan fingerprint density at radius 2 is 2.13 bits per heavy atom. The number of halogens is 1. The maximum Gasteiger partial charge on any atom is 0.228 e.